The average molecular weight is 421 g/mol. The maximum absolute atomic E-state index is 13.1. The highest BCUT2D eigenvalue weighted by Crippen LogP contribution is 2.33. The van der Waals surface area contributed by atoms with Crippen molar-refractivity contribution in [3.05, 3.63) is 46.7 Å². The van der Waals surface area contributed by atoms with Crippen molar-refractivity contribution in [1.29, 1.82) is 0 Å². The summed E-state index contributed by atoms with van der Waals surface area (Å²) in [6.07, 6.45) is -1.97. The van der Waals surface area contributed by atoms with Crippen molar-refractivity contribution in [2.75, 3.05) is 13.1 Å². The number of aryl methyl sites for hydroxylation is 2. The lowest BCUT2D eigenvalue weighted by molar-refractivity contribution is -0.138. The molecule has 0 bridgehead atoms. The van der Waals surface area contributed by atoms with E-state index >= 15 is 0 Å². The number of halogens is 3. The summed E-state index contributed by atoms with van der Waals surface area (Å²) >= 11 is 0. The molecule has 10 heteroatoms. The van der Waals surface area contributed by atoms with Crippen molar-refractivity contribution in [1.82, 2.24) is 24.7 Å². The third-order valence-electron chi connectivity index (χ3n) is 5.75. The molecule has 1 fully saturated rings. The largest absolute Gasteiger partial charge is 0.417 e. The lowest BCUT2D eigenvalue weighted by Gasteiger charge is -2.33. The molecule has 1 aliphatic heterocycles. The molecule has 3 aromatic rings. The summed E-state index contributed by atoms with van der Waals surface area (Å²) in [5.41, 5.74) is 1.06. The van der Waals surface area contributed by atoms with Crippen LogP contribution in [-0.4, -0.2) is 43.7 Å². The number of hydrogen-bond acceptors (Lipinski definition) is 5. The van der Waals surface area contributed by atoms with Crippen LogP contribution in [0.1, 0.15) is 60.0 Å². The van der Waals surface area contributed by atoms with Gasteiger partial charge in [-0.25, -0.2) is 0 Å². The molecule has 0 radical (unpaired) electrons. The highest BCUT2D eigenvalue weighted by Gasteiger charge is 2.34. The minimum atomic E-state index is -4.45. The van der Waals surface area contributed by atoms with Crippen LogP contribution in [0.2, 0.25) is 0 Å². The molecule has 2 atom stereocenters. The third kappa shape index (κ3) is 3.54. The molecule has 0 aromatic carbocycles. The Morgan fingerprint density at radius 2 is 2.03 bits per heavy atom. The van der Waals surface area contributed by atoms with Crippen molar-refractivity contribution < 1.29 is 22.5 Å². The second-order valence-electron chi connectivity index (χ2n) is 7.78. The monoisotopic (exact) mass is 421 g/mol. The van der Waals surface area contributed by atoms with Gasteiger partial charge in [0, 0.05) is 30.8 Å². The van der Waals surface area contributed by atoms with Crippen LogP contribution < -0.4 is 0 Å². The van der Waals surface area contributed by atoms with Gasteiger partial charge in [0.2, 0.25) is 5.91 Å². The van der Waals surface area contributed by atoms with Gasteiger partial charge >= 0.3 is 6.18 Å². The average Bonchev–Trinajstić information content (AvgIpc) is 3.28. The van der Waals surface area contributed by atoms with Gasteiger partial charge in [0.1, 0.15) is 11.6 Å². The Labute approximate surface area is 170 Å². The first-order valence-corrected chi connectivity index (χ1v) is 9.80. The van der Waals surface area contributed by atoms with E-state index in [4.69, 9.17) is 4.52 Å². The van der Waals surface area contributed by atoms with Gasteiger partial charge in [-0.3, -0.25) is 9.20 Å². The number of likely N-dealkylation sites (tertiary alicyclic amines) is 1. The number of amides is 1. The van der Waals surface area contributed by atoms with Crippen molar-refractivity contribution in [2.24, 2.45) is 0 Å². The van der Waals surface area contributed by atoms with E-state index in [2.05, 4.69) is 15.4 Å². The van der Waals surface area contributed by atoms with Crippen LogP contribution in [0.4, 0.5) is 13.2 Å². The van der Waals surface area contributed by atoms with Crippen LogP contribution in [0.15, 0.2) is 22.9 Å². The Bertz CT molecular complexity index is 1070. The first kappa shape index (κ1) is 20.4. The van der Waals surface area contributed by atoms with Crippen molar-refractivity contribution in [3.63, 3.8) is 0 Å². The van der Waals surface area contributed by atoms with Gasteiger partial charge in [-0.2, -0.15) is 13.2 Å². The van der Waals surface area contributed by atoms with Gasteiger partial charge in [-0.1, -0.05) is 5.16 Å². The molecule has 0 N–H and O–H groups in total. The molecule has 160 valence electrons. The van der Waals surface area contributed by atoms with Crippen LogP contribution in [0.25, 0.3) is 5.65 Å². The third-order valence-corrected chi connectivity index (χ3v) is 5.75. The quantitative estimate of drug-likeness (QED) is 0.642. The maximum Gasteiger partial charge on any atom is 0.417 e. The number of nitrogens with zero attached hydrogens (tertiary/aromatic N) is 5. The van der Waals surface area contributed by atoms with E-state index in [9.17, 15) is 18.0 Å². The fourth-order valence-corrected chi connectivity index (χ4v) is 4.25. The standard InChI is InChI=1S/C20H22F3N5O2/c1-11(17-12(2)26-30-13(17)3)19(29)27-8-4-5-14(9-27)18-25-24-16-7-6-15(10-28(16)18)20(21,22)23/h6-7,10-11,14H,4-5,8-9H2,1-3H3. The summed E-state index contributed by atoms with van der Waals surface area (Å²) in [6, 6.07) is 2.31. The summed E-state index contributed by atoms with van der Waals surface area (Å²) in [5.74, 6) is 0.391. The number of rotatable bonds is 3. The minimum Gasteiger partial charge on any atom is -0.361 e. The number of carbonyl (C=O) groups is 1. The molecule has 3 aromatic heterocycles. The normalized spacial score (nSPS) is 18.7. The summed E-state index contributed by atoms with van der Waals surface area (Å²) in [7, 11) is 0. The number of pyridine rings is 1. The van der Waals surface area contributed by atoms with Gasteiger partial charge in [0.15, 0.2) is 5.65 Å². The van der Waals surface area contributed by atoms with E-state index in [1.54, 1.807) is 18.7 Å². The van der Waals surface area contributed by atoms with Gasteiger partial charge in [-0.15, -0.1) is 10.2 Å². The first-order valence-electron chi connectivity index (χ1n) is 9.80. The zero-order valence-corrected chi connectivity index (χ0v) is 16.9. The second-order valence-corrected chi connectivity index (χ2v) is 7.78. The number of aromatic nitrogens is 4. The molecule has 0 aliphatic carbocycles. The molecule has 0 saturated carbocycles. The predicted molar refractivity (Wildman–Crippen MR) is 101 cm³/mol. The SMILES string of the molecule is Cc1noc(C)c1C(C)C(=O)N1CCCC(c2nnc3ccc(C(F)(F)F)cn23)C1. The zero-order valence-electron chi connectivity index (χ0n) is 16.9. The summed E-state index contributed by atoms with van der Waals surface area (Å²) in [5, 5.41) is 12.1. The molecule has 1 amide bonds. The Morgan fingerprint density at radius 1 is 1.27 bits per heavy atom. The Balaban J connectivity index is 1.59. The highest BCUT2D eigenvalue weighted by molar-refractivity contribution is 5.84. The van der Waals surface area contributed by atoms with Gasteiger partial charge in [0.25, 0.3) is 0 Å². The summed E-state index contributed by atoms with van der Waals surface area (Å²) in [4.78, 5) is 14.9. The Hall–Kier alpha value is -2.91. The van der Waals surface area contributed by atoms with Gasteiger partial charge in [0.05, 0.1) is 17.2 Å². The first-order chi connectivity index (χ1) is 14.2. The molecule has 0 spiro atoms. The zero-order chi connectivity index (χ0) is 21.6. The smallest absolute Gasteiger partial charge is 0.361 e. The Kier molecular flexibility index (Phi) is 5.03. The lowest BCUT2D eigenvalue weighted by Crippen LogP contribution is -2.41. The van der Waals surface area contributed by atoms with Gasteiger partial charge in [-0.05, 0) is 45.7 Å². The van der Waals surface area contributed by atoms with Crippen LogP contribution >= 0.6 is 0 Å². The number of fused-ring (bicyclic) bond motifs is 1. The summed E-state index contributed by atoms with van der Waals surface area (Å²) < 4.78 is 46.0. The van der Waals surface area contributed by atoms with Crippen LogP contribution in [0, 0.1) is 13.8 Å². The van der Waals surface area contributed by atoms with Crippen molar-refractivity contribution in [2.45, 2.75) is 51.6 Å². The lowest BCUT2D eigenvalue weighted by atomic mass is 9.93. The van der Waals surface area contributed by atoms with E-state index in [-0.39, 0.29) is 11.8 Å². The number of hydrogen-bond donors (Lipinski definition) is 0. The molecule has 30 heavy (non-hydrogen) atoms. The molecule has 4 rings (SSSR count). The van der Waals surface area contributed by atoms with E-state index in [0.717, 1.165) is 30.7 Å². The fraction of sp³-hybridized carbons (Fsp3) is 0.500. The number of alkyl halides is 3. The molecular formula is C20H22F3N5O2. The van der Waals surface area contributed by atoms with Crippen LogP contribution in [0.3, 0.4) is 0 Å². The molecule has 1 aliphatic rings. The summed E-state index contributed by atoms with van der Waals surface area (Å²) in [6.45, 7) is 6.37. The van der Waals surface area contributed by atoms with E-state index in [1.165, 1.54) is 10.5 Å². The highest BCUT2D eigenvalue weighted by atomic mass is 19.4. The van der Waals surface area contributed by atoms with E-state index in [0.29, 0.717) is 36.0 Å². The maximum atomic E-state index is 13.1. The van der Waals surface area contributed by atoms with E-state index < -0.39 is 17.7 Å². The molecule has 4 heterocycles. The van der Waals surface area contributed by atoms with E-state index in [1.807, 2.05) is 6.92 Å². The van der Waals surface area contributed by atoms with Crippen molar-refractivity contribution in [3.8, 4) is 0 Å². The number of piperidine rings is 1. The van der Waals surface area contributed by atoms with Crippen molar-refractivity contribution >= 4 is 11.6 Å². The van der Waals surface area contributed by atoms with Crippen LogP contribution in [0.5, 0.6) is 0 Å². The molecule has 2 unspecified atom stereocenters. The topological polar surface area (TPSA) is 76.5 Å². The van der Waals surface area contributed by atoms with Crippen LogP contribution in [-0.2, 0) is 11.0 Å². The number of carbonyl (C=O) groups excluding carboxylic acids is 1. The predicted octanol–water partition coefficient (Wildman–Crippen LogP) is 3.86. The second kappa shape index (κ2) is 7.41. The van der Waals surface area contributed by atoms with Gasteiger partial charge < -0.3 is 9.42 Å². The Morgan fingerprint density at radius 3 is 2.70 bits per heavy atom. The molecule has 7 nitrogen and oxygen atoms in total. The molecular weight excluding hydrogens is 399 g/mol. The fourth-order valence-electron chi connectivity index (χ4n) is 4.25. The molecule has 1 saturated heterocycles. The minimum absolute atomic E-state index is 0.0566.